The normalized spacial score (nSPS) is 12.9. The van der Waals surface area contributed by atoms with Gasteiger partial charge in [-0.1, -0.05) is 153 Å². The molecule has 0 unspecified atom stereocenters. The smallest absolute Gasteiger partial charge is 0.0542 e. The van der Waals surface area contributed by atoms with Crippen LogP contribution in [0, 0.1) is 0 Å². The molecule has 0 saturated carbocycles. The maximum absolute atomic E-state index is 2.44. The van der Waals surface area contributed by atoms with Gasteiger partial charge >= 0.3 is 0 Å². The van der Waals surface area contributed by atoms with Crippen LogP contribution < -0.4 is 4.90 Å². The molecule has 10 aromatic rings. The molecule has 57 heavy (non-hydrogen) atoms. The fourth-order valence-corrected chi connectivity index (χ4v) is 9.28. The fraction of sp³-hybridized carbons (Fsp3) is 0.0545. The lowest BCUT2D eigenvalue weighted by Crippen LogP contribution is -2.16. The van der Waals surface area contributed by atoms with Crippen LogP contribution in [0.4, 0.5) is 17.1 Å². The predicted molar refractivity (Wildman–Crippen MR) is 241 cm³/mol. The summed E-state index contributed by atoms with van der Waals surface area (Å²) in [5, 5.41) is 4.97. The van der Waals surface area contributed by atoms with Crippen molar-refractivity contribution in [2.75, 3.05) is 4.90 Å². The molecule has 1 heterocycles. The molecule has 0 aliphatic heterocycles. The molecular formula is C55H40N2. The number of nitrogens with zero attached hydrogens (tertiary/aromatic N) is 2. The van der Waals surface area contributed by atoms with Crippen LogP contribution in [0.25, 0.3) is 71.6 Å². The Morgan fingerprint density at radius 2 is 0.982 bits per heavy atom. The summed E-state index contributed by atoms with van der Waals surface area (Å²) in [4.78, 5) is 2.44. The van der Waals surface area contributed by atoms with Crippen LogP contribution in [0.1, 0.15) is 25.0 Å². The Labute approximate surface area is 333 Å². The van der Waals surface area contributed by atoms with E-state index in [1.807, 2.05) is 0 Å². The summed E-state index contributed by atoms with van der Waals surface area (Å²) in [5.74, 6) is 0. The van der Waals surface area contributed by atoms with Gasteiger partial charge in [-0.25, -0.2) is 0 Å². The van der Waals surface area contributed by atoms with E-state index in [2.05, 4.69) is 230 Å². The van der Waals surface area contributed by atoms with E-state index in [1.165, 1.54) is 77.1 Å². The number of rotatable bonds is 6. The average Bonchev–Trinajstić information content (AvgIpc) is 3.72. The first-order valence-electron chi connectivity index (χ1n) is 19.8. The van der Waals surface area contributed by atoms with Gasteiger partial charge in [-0.05, 0) is 122 Å². The van der Waals surface area contributed by atoms with Gasteiger partial charge in [-0.3, -0.25) is 0 Å². The second-order valence-corrected chi connectivity index (χ2v) is 15.8. The SMILES string of the molecule is CC1(C)c2ccccc2-c2ccc(N(c3cccc(-c4ccccc4)c3)c3ccc4c(c3)c3ccccc3n4-c3ccc(-c4ccc5ccccc5c4)cc3)cc21. The quantitative estimate of drug-likeness (QED) is 0.165. The zero-order chi connectivity index (χ0) is 38.1. The number of para-hydroxylation sites is 1. The van der Waals surface area contributed by atoms with Gasteiger partial charge < -0.3 is 9.47 Å². The Bertz CT molecular complexity index is 3150. The molecule has 2 nitrogen and oxygen atoms in total. The number of hydrogen-bond donors (Lipinski definition) is 0. The van der Waals surface area contributed by atoms with Crippen LogP contribution in [0.3, 0.4) is 0 Å². The van der Waals surface area contributed by atoms with Crippen LogP contribution in [-0.4, -0.2) is 4.57 Å². The minimum absolute atomic E-state index is 0.110. The number of hydrogen-bond acceptors (Lipinski definition) is 1. The summed E-state index contributed by atoms with van der Waals surface area (Å²) >= 11 is 0. The first-order chi connectivity index (χ1) is 28.0. The van der Waals surface area contributed by atoms with Gasteiger partial charge in [-0.15, -0.1) is 0 Å². The summed E-state index contributed by atoms with van der Waals surface area (Å²) in [7, 11) is 0. The number of aromatic nitrogens is 1. The van der Waals surface area contributed by atoms with Crippen molar-refractivity contribution in [3.63, 3.8) is 0 Å². The Balaban J connectivity index is 1.06. The first kappa shape index (κ1) is 33.2. The Morgan fingerprint density at radius 3 is 1.86 bits per heavy atom. The van der Waals surface area contributed by atoms with Crippen molar-refractivity contribution in [1.82, 2.24) is 4.57 Å². The zero-order valence-corrected chi connectivity index (χ0v) is 32.0. The second kappa shape index (κ2) is 13.0. The van der Waals surface area contributed by atoms with Gasteiger partial charge in [0.25, 0.3) is 0 Å². The summed E-state index contributed by atoms with van der Waals surface area (Å²) in [5.41, 5.74) is 17.0. The summed E-state index contributed by atoms with van der Waals surface area (Å²) < 4.78 is 2.41. The van der Waals surface area contributed by atoms with Crippen LogP contribution in [-0.2, 0) is 5.41 Å². The molecule has 0 spiro atoms. The van der Waals surface area contributed by atoms with E-state index >= 15 is 0 Å². The highest BCUT2D eigenvalue weighted by atomic mass is 15.1. The lowest BCUT2D eigenvalue weighted by Gasteiger charge is -2.28. The third-order valence-corrected chi connectivity index (χ3v) is 12.2. The van der Waals surface area contributed by atoms with Crippen molar-refractivity contribution < 1.29 is 0 Å². The van der Waals surface area contributed by atoms with E-state index in [1.54, 1.807) is 0 Å². The molecule has 0 amide bonds. The standard InChI is InChI=1S/C55H40N2/c1-55(2)51-21-10-8-19-47(51)48-31-29-46(36-52(48)55)56(44-18-12-17-41(34-44)37-13-4-3-5-14-37)45-30-32-54-50(35-45)49-20-9-11-22-53(49)57(54)43-27-25-39(26-28-43)42-24-23-38-15-6-7-16-40(38)33-42/h3-36H,1-2H3. The van der Waals surface area contributed by atoms with Crippen molar-refractivity contribution in [3.8, 4) is 39.1 Å². The van der Waals surface area contributed by atoms with Crippen molar-refractivity contribution in [2.24, 2.45) is 0 Å². The molecule has 2 heteroatoms. The molecule has 0 fully saturated rings. The highest BCUT2D eigenvalue weighted by Crippen LogP contribution is 2.51. The number of benzene rings is 9. The van der Waals surface area contributed by atoms with Crippen LogP contribution in [0.15, 0.2) is 206 Å². The first-order valence-corrected chi connectivity index (χ1v) is 19.8. The molecule has 270 valence electrons. The minimum Gasteiger partial charge on any atom is -0.310 e. The molecular weight excluding hydrogens is 689 g/mol. The molecule has 0 saturated heterocycles. The molecule has 0 N–H and O–H groups in total. The molecule has 9 aromatic carbocycles. The largest absolute Gasteiger partial charge is 0.310 e. The molecule has 11 rings (SSSR count). The molecule has 1 aliphatic carbocycles. The fourth-order valence-electron chi connectivity index (χ4n) is 9.28. The van der Waals surface area contributed by atoms with Gasteiger partial charge in [-0.2, -0.15) is 0 Å². The Kier molecular flexibility index (Phi) is 7.55. The highest BCUT2D eigenvalue weighted by Gasteiger charge is 2.35. The van der Waals surface area contributed by atoms with E-state index in [0.29, 0.717) is 0 Å². The minimum atomic E-state index is -0.110. The zero-order valence-electron chi connectivity index (χ0n) is 32.0. The van der Waals surface area contributed by atoms with Gasteiger partial charge in [0.2, 0.25) is 0 Å². The monoisotopic (exact) mass is 728 g/mol. The number of anilines is 3. The molecule has 0 bridgehead atoms. The van der Waals surface area contributed by atoms with Crippen molar-refractivity contribution in [1.29, 1.82) is 0 Å². The van der Waals surface area contributed by atoms with Crippen LogP contribution in [0.2, 0.25) is 0 Å². The Hall–Kier alpha value is -7.16. The van der Waals surface area contributed by atoms with Crippen molar-refractivity contribution >= 4 is 49.6 Å². The van der Waals surface area contributed by atoms with E-state index in [9.17, 15) is 0 Å². The van der Waals surface area contributed by atoms with Gasteiger partial charge in [0.1, 0.15) is 0 Å². The third-order valence-electron chi connectivity index (χ3n) is 12.2. The third kappa shape index (κ3) is 5.40. The van der Waals surface area contributed by atoms with E-state index in [0.717, 1.165) is 22.7 Å². The van der Waals surface area contributed by atoms with Gasteiger partial charge in [0.05, 0.1) is 11.0 Å². The number of fused-ring (bicyclic) bond motifs is 7. The lowest BCUT2D eigenvalue weighted by molar-refractivity contribution is 0.660. The Morgan fingerprint density at radius 1 is 0.368 bits per heavy atom. The maximum atomic E-state index is 2.44. The average molecular weight is 729 g/mol. The second-order valence-electron chi connectivity index (χ2n) is 15.8. The highest BCUT2D eigenvalue weighted by molar-refractivity contribution is 6.11. The molecule has 1 aromatic heterocycles. The molecule has 0 radical (unpaired) electrons. The van der Waals surface area contributed by atoms with E-state index in [-0.39, 0.29) is 5.41 Å². The van der Waals surface area contributed by atoms with Crippen LogP contribution >= 0.6 is 0 Å². The predicted octanol–water partition coefficient (Wildman–Crippen LogP) is 15.0. The summed E-state index contributed by atoms with van der Waals surface area (Å²) in [6.45, 7) is 4.72. The van der Waals surface area contributed by atoms with Gasteiger partial charge in [0, 0.05) is 38.9 Å². The summed E-state index contributed by atoms with van der Waals surface area (Å²) in [6.07, 6.45) is 0. The van der Waals surface area contributed by atoms with Gasteiger partial charge in [0.15, 0.2) is 0 Å². The maximum Gasteiger partial charge on any atom is 0.0542 e. The van der Waals surface area contributed by atoms with E-state index in [4.69, 9.17) is 0 Å². The van der Waals surface area contributed by atoms with Crippen LogP contribution in [0.5, 0.6) is 0 Å². The molecule has 0 atom stereocenters. The summed E-state index contributed by atoms with van der Waals surface area (Å²) in [6, 6.07) is 75.7. The van der Waals surface area contributed by atoms with Crippen molar-refractivity contribution in [3.05, 3.63) is 217 Å². The van der Waals surface area contributed by atoms with Crippen molar-refractivity contribution in [2.45, 2.75) is 19.3 Å². The van der Waals surface area contributed by atoms with E-state index < -0.39 is 0 Å². The lowest BCUT2D eigenvalue weighted by atomic mass is 9.82. The molecule has 1 aliphatic rings. The topological polar surface area (TPSA) is 8.17 Å².